The van der Waals surface area contributed by atoms with Crippen LogP contribution in [0.15, 0.2) is 91.1 Å². The first-order chi connectivity index (χ1) is 14.7. The van der Waals surface area contributed by atoms with Crippen LogP contribution in [0.5, 0.6) is 11.5 Å². The van der Waals surface area contributed by atoms with Gasteiger partial charge in [-0.25, -0.2) is 4.98 Å². The lowest BCUT2D eigenvalue weighted by atomic mass is 10.2. The number of carbonyl (C=O) groups excluding carboxylic acids is 1. The standard InChI is InChI=1S/C23H19N5O2/c24-21(29)18-15-25-23(28-22(18)26-16-9-3-1-4-10-16)27-19-13-7-8-14-20(19)30-17-11-5-2-6-12-17/h1-15H,(H2,24,29)(H2,25,26,27,28). The van der Waals surface area contributed by atoms with Gasteiger partial charge in [0.1, 0.15) is 17.1 Å². The molecular weight excluding hydrogens is 378 g/mol. The number of nitrogens with one attached hydrogen (secondary N) is 2. The lowest BCUT2D eigenvalue weighted by Crippen LogP contribution is -2.15. The number of carbonyl (C=O) groups is 1. The Morgan fingerprint density at radius 2 is 1.50 bits per heavy atom. The van der Waals surface area contributed by atoms with Crippen LogP contribution in [0.1, 0.15) is 10.4 Å². The number of benzene rings is 3. The molecular formula is C23H19N5O2. The van der Waals surface area contributed by atoms with Gasteiger partial charge in [0.2, 0.25) is 5.95 Å². The normalized spacial score (nSPS) is 10.3. The molecule has 4 aromatic rings. The fourth-order valence-electron chi connectivity index (χ4n) is 2.77. The highest BCUT2D eigenvalue weighted by Gasteiger charge is 2.14. The Bertz CT molecular complexity index is 1150. The maximum atomic E-state index is 11.8. The molecule has 0 spiro atoms. The minimum Gasteiger partial charge on any atom is -0.455 e. The van der Waals surface area contributed by atoms with E-state index < -0.39 is 5.91 Å². The van der Waals surface area contributed by atoms with E-state index in [1.807, 2.05) is 84.9 Å². The Morgan fingerprint density at radius 1 is 0.833 bits per heavy atom. The number of amides is 1. The zero-order chi connectivity index (χ0) is 20.8. The van der Waals surface area contributed by atoms with E-state index in [2.05, 4.69) is 20.6 Å². The molecule has 0 bridgehead atoms. The largest absolute Gasteiger partial charge is 0.455 e. The molecule has 4 rings (SSSR count). The molecule has 0 atom stereocenters. The highest BCUT2D eigenvalue weighted by Crippen LogP contribution is 2.31. The van der Waals surface area contributed by atoms with Crippen LogP contribution in [-0.4, -0.2) is 15.9 Å². The lowest BCUT2D eigenvalue weighted by Gasteiger charge is -2.14. The van der Waals surface area contributed by atoms with Crippen LogP contribution in [0, 0.1) is 0 Å². The smallest absolute Gasteiger partial charge is 0.254 e. The summed E-state index contributed by atoms with van der Waals surface area (Å²) in [6.07, 6.45) is 1.39. The summed E-state index contributed by atoms with van der Waals surface area (Å²) in [6.45, 7) is 0. The highest BCUT2D eigenvalue weighted by molar-refractivity contribution is 5.98. The van der Waals surface area contributed by atoms with Gasteiger partial charge in [0.25, 0.3) is 5.91 Å². The summed E-state index contributed by atoms with van der Waals surface area (Å²) in [6, 6.07) is 26.3. The minimum atomic E-state index is -0.618. The predicted octanol–water partition coefficient (Wildman–Crippen LogP) is 4.86. The molecule has 0 saturated carbocycles. The van der Waals surface area contributed by atoms with Gasteiger partial charge in [-0.3, -0.25) is 4.79 Å². The first-order valence-electron chi connectivity index (χ1n) is 9.27. The SMILES string of the molecule is NC(=O)c1cnc(Nc2ccccc2Oc2ccccc2)nc1Nc1ccccc1. The maximum Gasteiger partial charge on any atom is 0.254 e. The van der Waals surface area contributed by atoms with Crippen LogP contribution in [-0.2, 0) is 0 Å². The van der Waals surface area contributed by atoms with Gasteiger partial charge in [-0.2, -0.15) is 4.98 Å². The molecule has 7 nitrogen and oxygen atoms in total. The number of rotatable bonds is 7. The van der Waals surface area contributed by atoms with Gasteiger partial charge in [0, 0.05) is 11.9 Å². The van der Waals surface area contributed by atoms with Crippen molar-refractivity contribution < 1.29 is 9.53 Å². The lowest BCUT2D eigenvalue weighted by molar-refractivity contribution is 0.100. The molecule has 0 radical (unpaired) electrons. The second-order valence-electron chi connectivity index (χ2n) is 6.35. The zero-order valence-electron chi connectivity index (χ0n) is 15.9. The Hall–Kier alpha value is -4.39. The Labute approximate surface area is 173 Å². The van der Waals surface area contributed by atoms with Gasteiger partial charge in [-0.15, -0.1) is 0 Å². The fraction of sp³-hybridized carbons (Fsp3) is 0. The van der Waals surface area contributed by atoms with Crippen LogP contribution in [0.2, 0.25) is 0 Å². The third kappa shape index (κ3) is 4.53. The van der Waals surface area contributed by atoms with Crippen LogP contribution >= 0.6 is 0 Å². The summed E-state index contributed by atoms with van der Waals surface area (Å²) in [5.74, 6) is 1.31. The summed E-state index contributed by atoms with van der Waals surface area (Å²) in [4.78, 5) is 20.5. The molecule has 3 aromatic carbocycles. The molecule has 1 amide bonds. The van der Waals surface area contributed by atoms with E-state index in [0.717, 1.165) is 5.69 Å². The molecule has 7 heteroatoms. The number of anilines is 4. The van der Waals surface area contributed by atoms with Crippen molar-refractivity contribution in [1.29, 1.82) is 0 Å². The molecule has 1 heterocycles. The monoisotopic (exact) mass is 397 g/mol. The van der Waals surface area contributed by atoms with Crippen molar-refractivity contribution in [1.82, 2.24) is 9.97 Å². The number of hydrogen-bond acceptors (Lipinski definition) is 6. The number of primary amides is 1. The number of nitrogens with zero attached hydrogens (tertiary/aromatic N) is 2. The Balaban J connectivity index is 1.62. The number of para-hydroxylation sites is 4. The number of ether oxygens (including phenoxy) is 1. The maximum absolute atomic E-state index is 11.8. The van der Waals surface area contributed by atoms with E-state index in [0.29, 0.717) is 29.0 Å². The van der Waals surface area contributed by atoms with E-state index >= 15 is 0 Å². The highest BCUT2D eigenvalue weighted by atomic mass is 16.5. The topological polar surface area (TPSA) is 102 Å². The third-order valence-corrected chi connectivity index (χ3v) is 4.20. The van der Waals surface area contributed by atoms with Crippen molar-refractivity contribution in [2.45, 2.75) is 0 Å². The van der Waals surface area contributed by atoms with Gasteiger partial charge < -0.3 is 21.1 Å². The summed E-state index contributed by atoms with van der Waals surface area (Å²) >= 11 is 0. The van der Waals surface area contributed by atoms with Crippen molar-refractivity contribution in [2.24, 2.45) is 5.73 Å². The van der Waals surface area contributed by atoms with Gasteiger partial charge in [-0.05, 0) is 36.4 Å². The molecule has 0 aliphatic rings. The molecule has 0 aliphatic heterocycles. The number of hydrogen-bond donors (Lipinski definition) is 3. The van der Waals surface area contributed by atoms with E-state index in [-0.39, 0.29) is 5.56 Å². The van der Waals surface area contributed by atoms with Crippen molar-refractivity contribution in [3.63, 3.8) is 0 Å². The Morgan fingerprint density at radius 3 is 2.23 bits per heavy atom. The van der Waals surface area contributed by atoms with Crippen LogP contribution in [0.4, 0.5) is 23.1 Å². The molecule has 0 unspecified atom stereocenters. The van der Waals surface area contributed by atoms with E-state index in [1.54, 1.807) is 0 Å². The molecule has 4 N–H and O–H groups in total. The molecule has 1 aromatic heterocycles. The van der Waals surface area contributed by atoms with Gasteiger partial charge in [-0.1, -0.05) is 48.5 Å². The summed E-state index contributed by atoms with van der Waals surface area (Å²) in [5, 5.41) is 6.26. The average molecular weight is 397 g/mol. The van der Waals surface area contributed by atoms with Crippen LogP contribution in [0.25, 0.3) is 0 Å². The van der Waals surface area contributed by atoms with Gasteiger partial charge in [0.05, 0.1) is 5.69 Å². The predicted molar refractivity (Wildman–Crippen MR) is 117 cm³/mol. The fourth-order valence-corrected chi connectivity index (χ4v) is 2.77. The van der Waals surface area contributed by atoms with Gasteiger partial charge >= 0.3 is 0 Å². The molecule has 30 heavy (non-hydrogen) atoms. The molecule has 148 valence electrons. The second-order valence-corrected chi connectivity index (χ2v) is 6.35. The number of aromatic nitrogens is 2. The number of nitrogens with two attached hydrogens (primary N) is 1. The first kappa shape index (κ1) is 18.9. The zero-order valence-corrected chi connectivity index (χ0v) is 15.9. The molecule has 0 aliphatic carbocycles. The van der Waals surface area contributed by atoms with Crippen molar-refractivity contribution >= 4 is 29.0 Å². The summed E-state index contributed by atoms with van der Waals surface area (Å²) in [5.41, 5.74) is 7.13. The Kier molecular flexibility index (Phi) is 5.52. The summed E-state index contributed by atoms with van der Waals surface area (Å²) < 4.78 is 5.96. The summed E-state index contributed by atoms with van der Waals surface area (Å²) in [7, 11) is 0. The van der Waals surface area contributed by atoms with Crippen molar-refractivity contribution in [2.75, 3.05) is 10.6 Å². The second kappa shape index (κ2) is 8.74. The van der Waals surface area contributed by atoms with E-state index in [9.17, 15) is 4.79 Å². The average Bonchev–Trinajstić information content (AvgIpc) is 2.77. The van der Waals surface area contributed by atoms with Crippen LogP contribution in [0.3, 0.4) is 0 Å². The van der Waals surface area contributed by atoms with E-state index in [4.69, 9.17) is 10.5 Å². The van der Waals surface area contributed by atoms with Crippen molar-refractivity contribution in [3.8, 4) is 11.5 Å². The van der Waals surface area contributed by atoms with Gasteiger partial charge in [0.15, 0.2) is 5.75 Å². The first-order valence-corrected chi connectivity index (χ1v) is 9.27. The minimum absolute atomic E-state index is 0.193. The third-order valence-electron chi connectivity index (χ3n) is 4.20. The van der Waals surface area contributed by atoms with Crippen molar-refractivity contribution in [3.05, 3.63) is 96.7 Å². The van der Waals surface area contributed by atoms with E-state index in [1.165, 1.54) is 6.20 Å². The molecule has 0 fully saturated rings. The molecule has 0 saturated heterocycles. The van der Waals surface area contributed by atoms with Crippen LogP contribution < -0.4 is 21.1 Å². The quantitative estimate of drug-likeness (QED) is 0.412.